The van der Waals surface area contributed by atoms with Gasteiger partial charge in [0.15, 0.2) is 0 Å². The number of hydrogen-bond acceptors (Lipinski definition) is 8. The summed E-state index contributed by atoms with van der Waals surface area (Å²) in [4.78, 5) is 37.7. The minimum atomic E-state index is -0.907. The van der Waals surface area contributed by atoms with Crippen molar-refractivity contribution >= 4 is 17.9 Å². The van der Waals surface area contributed by atoms with Crippen molar-refractivity contribution in [2.24, 2.45) is 28.7 Å². The third-order valence-corrected chi connectivity index (χ3v) is 4.61. The molecule has 0 aromatic heterocycles. The molecule has 0 aromatic rings. The Bertz CT molecular complexity index is 494. The number of primary amides is 1. The van der Waals surface area contributed by atoms with Crippen LogP contribution in [0.5, 0.6) is 0 Å². The maximum atomic E-state index is 12.7. The largest absolute Gasteiger partial charge is 0.448 e. The Morgan fingerprint density at radius 1 is 0.867 bits per heavy atom. The molecule has 0 bridgehead atoms. The van der Waals surface area contributed by atoms with E-state index in [4.69, 9.17) is 33.4 Å². The van der Waals surface area contributed by atoms with Crippen LogP contribution < -0.4 is 34.0 Å². The van der Waals surface area contributed by atoms with Crippen LogP contribution in [-0.4, -0.2) is 74.2 Å². The molecule has 0 aromatic carbocycles. The van der Waals surface area contributed by atoms with Gasteiger partial charge in [0.1, 0.15) is 6.61 Å². The number of nitrogens with zero attached hydrogens (tertiary/aromatic N) is 1. The van der Waals surface area contributed by atoms with E-state index in [0.29, 0.717) is 45.4 Å². The summed E-state index contributed by atoms with van der Waals surface area (Å²) in [6, 6.07) is -1.09. The monoisotopic (exact) mass is 431 g/mol. The summed E-state index contributed by atoms with van der Waals surface area (Å²) in [5, 5.41) is 2.81. The van der Waals surface area contributed by atoms with Crippen molar-refractivity contribution in [1.29, 1.82) is 0 Å². The number of amides is 3. The first-order valence-electron chi connectivity index (χ1n) is 10.7. The highest BCUT2D eigenvalue weighted by atomic mass is 16.5. The van der Waals surface area contributed by atoms with E-state index in [1.165, 1.54) is 4.90 Å². The van der Waals surface area contributed by atoms with Gasteiger partial charge in [0.25, 0.3) is 0 Å². The molecule has 0 saturated carbocycles. The summed E-state index contributed by atoms with van der Waals surface area (Å²) < 4.78 is 4.83. The van der Waals surface area contributed by atoms with Gasteiger partial charge in [0, 0.05) is 6.54 Å². The van der Waals surface area contributed by atoms with E-state index in [1.807, 2.05) is 0 Å². The molecule has 0 aliphatic heterocycles. The van der Waals surface area contributed by atoms with Crippen LogP contribution in [0.2, 0.25) is 0 Å². The van der Waals surface area contributed by atoms with Crippen molar-refractivity contribution in [3.8, 4) is 0 Å². The summed E-state index contributed by atoms with van der Waals surface area (Å²) in [6.45, 7) is 1.81. The van der Waals surface area contributed by atoms with E-state index < -0.39 is 18.2 Å². The van der Waals surface area contributed by atoms with Gasteiger partial charge < -0.3 is 43.6 Å². The van der Waals surface area contributed by atoms with Gasteiger partial charge in [-0.05, 0) is 58.2 Å². The number of nitrogens with two attached hydrogens (primary N) is 5. The lowest BCUT2D eigenvalue weighted by atomic mass is 10.1. The van der Waals surface area contributed by atoms with Crippen molar-refractivity contribution in [3.63, 3.8) is 0 Å². The third kappa shape index (κ3) is 14.1. The molecule has 0 aliphatic rings. The van der Waals surface area contributed by atoms with E-state index in [2.05, 4.69) is 5.32 Å². The highest BCUT2D eigenvalue weighted by molar-refractivity contribution is 5.87. The zero-order valence-electron chi connectivity index (χ0n) is 18.0. The highest BCUT2D eigenvalue weighted by Crippen LogP contribution is 2.06. The molecular formula is C19H41N7O4. The number of rotatable bonds is 18. The van der Waals surface area contributed by atoms with E-state index >= 15 is 0 Å². The maximum absolute atomic E-state index is 12.7. The van der Waals surface area contributed by atoms with Crippen LogP contribution in [0.1, 0.15) is 51.4 Å². The smallest absolute Gasteiger partial charge is 0.404 e. The van der Waals surface area contributed by atoms with Crippen molar-refractivity contribution in [2.75, 3.05) is 39.3 Å². The molecule has 176 valence electrons. The third-order valence-electron chi connectivity index (χ3n) is 4.61. The lowest BCUT2D eigenvalue weighted by Gasteiger charge is -2.26. The van der Waals surface area contributed by atoms with Crippen LogP contribution in [0.25, 0.3) is 0 Å². The Kier molecular flexibility index (Phi) is 16.7. The number of hydrogen-bond donors (Lipinski definition) is 6. The molecule has 0 heterocycles. The number of carbonyl (C=O) groups excluding carboxylic acids is 3. The number of nitrogens with one attached hydrogen (secondary N) is 1. The van der Waals surface area contributed by atoms with E-state index in [-0.39, 0.29) is 25.0 Å². The molecule has 0 radical (unpaired) electrons. The highest BCUT2D eigenvalue weighted by Gasteiger charge is 2.24. The van der Waals surface area contributed by atoms with Gasteiger partial charge in [-0.15, -0.1) is 0 Å². The first kappa shape index (κ1) is 28.1. The van der Waals surface area contributed by atoms with Gasteiger partial charge in [-0.1, -0.05) is 12.8 Å². The Morgan fingerprint density at radius 3 is 2.00 bits per heavy atom. The first-order valence-corrected chi connectivity index (χ1v) is 10.7. The average Bonchev–Trinajstić information content (AvgIpc) is 2.70. The summed E-state index contributed by atoms with van der Waals surface area (Å²) in [6.07, 6.45) is 4.68. The molecule has 0 spiro atoms. The summed E-state index contributed by atoms with van der Waals surface area (Å²) in [5.41, 5.74) is 27.6. The SMILES string of the molecule is NCCCC[C@H](COC(N)=O)NC(=O)CN(CCCCN)C(=O)[C@H](N)CCCCN. The fraction of sp³-hybridized carbons (Fsp3) is 0.842. The molecular weight excluding hydrogens is 390 g/mol. The average molecular weight is 432 g/mol. The van der Waals surface area contributed by atoms with Crippen LogP contribution in [0.4, 0.5) is 4.79 Å². The molecule has 3 amide bonds. The van der Waals surface area contributed by atoms with Gasteiger partial charge in [-0.25, -0.2) is 4.79 Å². The number of unbranched alkanes of at least 4 members (excludes halogenated alkanes) is 3. The van der Waals surface area contributed by atoms with Crippen molar-refractivity contribution < 1.29 is 19.1 Å². The molecule has 11 heteroatoms. The molecule has 2 atom stereocenters. The van der Waals surface area contributed by atoms with Gasteiger partial charge in [0.2, 0.25) is 11.8 Å². The quantitative estimate of drug-likeness (QED) is 0.144. The Morgan fingerprint density at radius 2 is 1.43 bits per heavy atom. The van der Waals surface area contributed by atoms with E-state index in [9.17, 15) is 14.4 Å². The molecule has 11 N–H and O–H groups in total. The van der Waals surface area contributed by atoms with Crippen LogP contribution in [0.15, 0.2) is 0 Å². The van der Waals surface area contributed by atoms with Crippen LogP contribution in [0, 0.1) is 0 Å². The van der Waals surface area contributed by atoms with Crippen molar-refractivity contribution in [3.05, 3.63) is 0 Å². The Labute approximate surface area is 179 Å². The second kappa shape index (κ2) is 17.9. The van der Waals surface area contributed by atoms with Gasteiger partial charge in [-0.3, -0.25) is 9.59 Å². The molecule has 0 saturated heterocycles. The van der Waals surface area contributed by atoms with Crippen molar-refractivity contribution in [1.82, 2.24) is 10.2 Å². The van der Waals surface area contributed by atoms with E-state index in [1.54, 1.807) is 0 Å². The summed E-state index contributed by atoms with van der Waals surface area (Å²) >= 11 is 0. The summed E-state index contributed by atoms with van der Waals surface area (Å²) in [7, 11) is 0. The molecule has 11 nitrogen and oxygen atoms in total. The lowest BCUT2D eigenvalue weighted by molar-refractivity contribution is -0.137. The minimum absolute atomic E-state index is 0.0363. The van der Waals surface area contributed by atoms with E-state index in [0.717, 1.165) is 32.1 Å². The van der Waals surface area contributed by atoms with Crippen molar-refractivity contribution in [2.45, 2.75) is 63.5 Å². The van der Waals surface area contributed by atoms with Gasteiger partial charge >= 0.3 is 6.09 Å². The predicted molar refractivity (Wildman–Crippen MR) is 116 cm³/mol. The Hall–Kier alpha value is -1.95. The second-order valence-electron chi connectivity index (χ2n) is 7.33. The fourth-order valence-electron chi connectivity index (χ4n) is 2.94. The number of ether oxygens (including phenoxy) is 1. The molecule has 0 unspecified atom stereocenters. The normalized spacial score (nSPS) is 12.8. The molecule has 0 aliphatic carbocycles. The second-order valence-corrected chi connectivity index (χ2v) is 7.33. The topological polar surface area (TPSA) is 206 Å². The molecule has 0 rings (SSSR count). The first-order chi connectivity index (χ1) is 14.3. The van der Waals surface area contributed by atoms with Crippen LogP contribution in [0.3, 0.4) is 0 Å². The fourth-order valence-corrected chi connectivity index (χ4v) is 2.94. The van der Waals surface area contributed by atoms with Crippen LogP contribution >= 0.6 is 0 Å². The maximum Gasteiger partial charge on any atom is 0.404 e. The number of carbonyl (C=O) groups is 3. The molecule has 0 fully saturated rings. The standard InChI is InChI=1S/C19H41N7O4/c20-9-3-1-7-15(14-30-19(24)29)25-17(27)13-26(12-6-5-11-22)18(28)16(23)8-2-4-10-21/h15-16H,1-14,20-23H2,(H2,24,29)(H,25,27)/t15-,16-/m1/s1. The summed E-state index contributed by atoms with van der Waals surface area (Å²) in [5.74, 6) is -0.622. The molecule has 30 heavy (non-hydrogen) atoms. The van der Waals surface area contributed by atoms with Gasteiger partial charge in [-0.2, -0.15) is 0 Å². The van der Waals surface area contributed by atoms with Crippen LogP contribution in [-0.2, 0) is 14.3 Å². The zero-order chi connectivity index (χ0) is 22.8. The van der Waals surface area contributed by atoms with Gasteiger partial charge in [0.05, 0.1) is 18.6 Å². The predicted octanol–water partition coefficient (Wildman–Crippen LogP) is -1.28. The minimum Gasteiger partial charge on any atom is -0.448 e. The lowest BCUT2D eigenvalue weighted by Crippen LogP contribution is -2.50. The Balaban J connectivity index is 4.89. The zero-order valence-corrected chi connectivity index (χ0v) is 18.0.